The van der Waals surface area contributed by atoms with Gasteiger partial charge in [-0.2, -0.15) is 0 Å². The van der Waals surface area contributed by atoms with Gasteiger partial charge in [-0.25, -0.2) is 15.0 Å². The van der Waals surface area contributed by atoms with E-state index in [9.17, 15) is 15.0 Å². The standard InChI is InChI=1S/C23H30N6O7/c1-5-24-22(32)19-16(30)17(31)23(36-19)29-11-28-15-20(26-10-27-21(15)29)25-7-6-12-8-13(33-2)18(35-4)14(9-12)34-3/h8-11,16-17,19,23,30-31H,5-7H2,1-4H3,(H,24,32)(H,25,26,27)/t16-,17+,19-,23?/m0/s1. The molecule has 0 saturated carbocycles. The van der Waals surface area contributed by atoms with Crippen LogP contribution in [0.2, 0.25) is 0 Å². The van der Waals surface area contributed by atoms with Gasteiger partial charge in [0, 0.05) is 13.1 Å². The fraction of sp³-hybridized carbons (Fsp3) is 0.478. The van der Waals surface area contributed by atoms with Gasteiger partial charge in [0.2, 0.25) is 5.75 Å². The average Bonchev–Trinajstić information content (AvgIpc) is 3.44. The number of nitrogens with one attached hydrogen (secondary N) is 2. The van der Waals surface area contributed by atoms with Crippen LogP contribution in [-0.2, 0) is 16.0 Å². The van der Waals surface area contributed by atoms with Gasteiger partial charge in [-0.15, -0.1) is 0 Å². The highest BCUT2D eigenvalue weighted by Gasteiger charge is 2.47. The molecule has 4 N–H and O–H groups in total. The van der Waals surface area contributed by atoms with Crippen LogP contribution in [-0.4, -0.2) is 88.4 Å². The summed E-state index contributed by atoms with van der Waals surface area (Å²) in [5, 5.41) is 26.7. The van der Waals surface area contributed by atoms with Gasteiger partial charge in [-0.1, -0.05) is 0 Å². The lowest BCUT2D eigenvalue weighted by atomic mass is 10.1. The van der Waals surface area contributed by atoms with E-state index < -0.39 is 30.4 Å². The zero-order chi connectivity index (χ0) is 25.8. The maximum absolute atomic E-state index is 12.2. The Balaban J connectivity index is 1.50. The summed E-state index contributed by atoms with van der Waals surface area (Å²) in [7, 11) is 4.68. The highest BCUT2D eigenvalue weighted by molar-refractivity contribution is 5.83. The van der Waals surface area contributed by atoms with Crippen LogP contribution in [0.5, 0.6) is 17.2 Å². The first-order chi connectivity index (χ1) is 17.4. The summed E-state index contributed by atoms with van der Waals surface area (Å²) in [5.74, 6) is 1.64. The molecule has 0 spiro atoms. The molecule has 1 aliphatic rings. The highest BCUT2D eigenvalue weighted by Crippen LogP contribution is 2.38. The maximum atomic E-state index is 12.2. The van der Waals surface area contributed by atoms with Gasteiger partial charge < -0.3 is 39.8 Å². The lowest BCUT2D eigenvalue weighted by molar-refractivity contribution is -0.137. The number of hydrogen-bond donors (Lipinski definition) is 4. The molecule has 194 valence electrons. The molecular formula is C23H30N6O7. The Labute approximate surface area is 207 Å². The van der Waals surface area contributed by atoms with E-state index in [-0.39, 0.29) is 0 Å². The van der Waals surface area contributed by atoms with Crippen LogP contribution in [0.3, 0.4) is 0 Å². The number of aromatic nitrogens is 4. The summed E-state index contributed by atoms with van der Waals surface area (Å²) in [6.45, 7) is 2.64. The largest absolute Gasteiger partial charge is 0.493 e. The number of aliphatic hydroxyl groups excluding tert-OH is 2. The molecule has 1 aromatic carbocycles. The van der Waals surface area contributed by atoms with Crippen molar-refractivity contribution in [1.29, 1.82) is 0 Å². The van der Waals surface area contributed by atoms with Crippen molar-refractivity contribution in [2.75, 3.05) is 39.7 Å². The first-order valence-corrected chi connectivity index (χ1v) is 11.4. The quantitative estimate of drug-likeness (QED) is 0.301. The molecule has 4 rings (SSSR count). The Kier molecular flexibility index (Phi) is 7.72. The fourth-order valence-corrected chi connectivity index (χ4v) is 4.15. The number of fused-ring (bicyclic) bond motifs is 1. The first kappa shape index (κ1) is 25.4. The number of ether oxygens (including phenoxy) is 4. The summed E-state index contributed by atoms with van der Waals surface area (Å²) < 4.78 is 23.4. The number of anilines is 1. The zero-order valence-electron chi connectivity index (χ0n) is 20.5. The molecule has 36 heavy (non-hydrogen) atoms. The Morgan fingerprint density at radius 2 is 1.81 bits per heavy atom. The van der Waals surface area contributed by atoms with E-state index in [1.807, 2.05) is 12.1 Å². The minimum atomic E-state index is -1.39. The van der Waals surface area contributed by atoms with E-state index in [1.165, 1.54) is 17.2 Å². The average molecular weight is 503 g/mol. The van der Waals surface area contributed by atoms with E-state index in [4.69, 9.17) is 18.9 Å². The van der Waals surface area contributed by atoms with Crippen molar-refractivity contribution in [3.63, 3.8) is 0 Å². The van der Waals surface area contributed by atoms with Crippen LogP contribution in [0.4, 0.5) is 5.82 Å². The van der Waals surface area contributed by atoms with E-state index >= 15 is 0 Å². The molecule has 1 aliphatic heterocycles. The summed E-state index contributed by atoms with van der Waals surface area (Å²) in [6, 6.07) is 3.76. The number of rotatable bonds is 10. The molecule has 1 saturated heterocycles. The normalized spacial score (nSPS) is 21.4. The second-order valence-corrected chi connectivity index (χ2v) is 8.08. The minimum Gasteiger partial charge on any atom is -0.493 e. The van der Waals surface area contributed by atoms with Crippen molar-refractivity contribution < 1.29 is 34.0 Å². The monoisotopic (exact) mass is 502 g/mol. The number of carbonyl (C=O) groups excluding carboxylic acids is 1. The topological polar surface area (TPSA) is 162 Å². The molecule has 1 unspecified atom stereocenters. The minimum absolute atomic E-state index is 0.374. The molecule has 0 bridgehead atoms. The van der Waals surface area contributed by atoms with Crippen molar-refractivity contribution in [2.24, 2.45) is 0 Å². The van der Waals surface area contributed by atoms with Crippen molar-refractivity contribution >= 4 is 22.9 Å². The number of likely N-dealkylation sites (N-methyl/N-ethyl adjacent to an activating group) is 1. The number of amides is 1. The lowest BCUT2D eigenvalue weighted by Gasteiger charge is -2.16. The van der Waals surface area contributed by atoms with Gasteiger partial charge in [0.25, 0.3) is 5.91 Å². The third-order valence-electron chi connectivity index (χ3n) is 5.91. The van der Waals surface area contributed by atoms with Gasteiger partial charge in [-0.3, -0.25) is 9.36 Å². The lowest BCUT2D eigenvalue weighted by Crippen LogP contribution is -2.42. The molecule has 3 aromatic rings. The number of hydrogen-bond acceptors (Lipinski definition) is 11. The van der Waals surface area contributed by atoms with Crippen LogP contribution < -0.4 is 24.8 Å². The summed E-state index contributed by atoms with van der Waals surface area (Å²) in [4.78, 5) is 25.1. The number of methoxy groups -OCH3 is 3. The first-order valence-electron chi connectivity index (χ1n) is 11.4. The molecule has 13 heteroatoms. The number of aliphatic hydroxyl groups is 2. The van der Waals surface area contributed by atoms with Crippen LogP contribution >= 0.6 is 0 Å². The Morgan fingerprint density at radius 3 is 2.44 bits per heavy atom. The molecule has 0 radical (unpaired) electrons. The SMILES string of the molecule is CCNC(=O)[C@H]1OC(n2cnc3c(NCCc4cc(OC)c(OC)c(OC)c4)ncnc32)[C@H](O)[C@@H]1O. The Bertz CT molecular complexity index is 1190. The fourth-order valence-electron chi connectivity index (χ4n) is 4.15. The zero-order valence-corrected chi connectivity index (χ0v) is 20.5. The van der Waals surface area contributed by atoms with Gasteiger partial charge >= 0.3 is 0 Å². The number of nitrogens with zero attached hydrogens (tertiary/aromatic N) is 4. The smallest absolute Gasteiger partial charge is 0.252 e. The molecule has 3 heterocycles. The highest BCUT2D eigenvalue weighted by atomic mass is 16.6. The van der Waals surface area contributed by atoms with Gasteiger partial charge in [0.15, 0.2) is 40.8 Å². The maximum Gasteiger partial charge on any atom is 0.252 e. The summed E-state index contributed by atoms with van der Waals surface area (Å²) >= 11 is 0. The Morgan fingerprint density at radius 1 is 1.08 bits per heavy atom. The van der Waals surface area contributed by atoms with Gasteiger partial charge in [-0.05, 0) is 31.0 Å². The molecule has 13 nitrogen and oxygen atoms in total. The van der Waals surface area contributed by atoms with Crippen LogP contribution in [0.15, 0.2) is 24.8 Å². The number of benzene rings is 1. The molecule has 2 aromatic heterocycles. The van der Waals surface area contributed by atoms with E-state index in [2.05, 4.69) is 25.6 Å². The van der Waals surface area contributed by atoms with E-state index in [1.54, 1.807) is 28.3 Å². The second-order valence-electron chi connectivity index (χ2n) is 8.08. The van der Waals surface area contributed by atoms with Gasteiger partial charge in [0.1, 0.15) is 18.5 Å². The summed E-state index contributed by atoms with van der Waals surface area (Å²) in [6.07, 6.45) is -1.57. The third kappa shape index (κ3) is 4.72. The van der Waals surface area contributed by atoms with Crippen molar-refractivity contribution in [3.8, 4) is 17.2 Å². The molecular weight excluding hydrogens is 472 g/mol. The van der Waals surface area contributed by atoms with E-state index in [0.717, 1.165) is 5.56 Å². The second kappa shape index (κ2) is 10.9. The summed E-state index contributed by atoms with van der Waals surface area (Å²) in [5.41, 5.74) is 1.79. The number of imidazole rings is 1. The number of carbonyl (C=O) groups is 1. The van der Waals surface area contributed by atoms with Crippen LogP contribution in [0.25, 0.3) is 11.2 Å². The Hall–Kier alpha value is -3.68. The predicted octanol–water partition coefficient (Wildman–Crippen LogP) is 0.262. The van der Waals surface area contributed by atoms with Crippen LogP contribution in [0.1, 0.15) is 18.7 Å². The molecule has 1 amide bonds. The van der Waals surface area contributed by atoms with E-state index in [0.29, 0.717) is 53.7 Å². The van der Waals surface area contributed by atoms with Crippen molar-refractivity contribution in [1.82, 2.24) is 24.8 Å². The van der Waals surface area contributed by atoms with Gasteiger partial charge in [0.05, 0.1) is 27.7 Å². The third-order valence-corrected chi connectivity index (χ3v) is 5.91. The van der Waals surface area contributed by atoms with Crippen molar-refractivity contribution in [3.05, 3.63) is 30.4 Å². The van der Waals surface area contributed by atoms with Crippen LogP contribution in [0, 0.1) is 0 Å². The molecule has 4 atom stereocenters. The molecule has 0 aliphatic carbocycles. The molecule has 1 fully saturated rings. The van der Waals surface area contributed by atoms with Crippen molar-refractivity contribution in [2.45, 2.75) is 37.9 Å². The predicted molar refractivity (Wildman–Crippen MR) is 128 cm³/mol.